The second kappa shape index (κ2) is 16.1. The fourth-order valence-corrected chi connectivity index (χ4v) is 3.48. The molecular formula is C28H39FO4. The SMILES string of the molecule is CCCCCCCCOc1ccc(OC(=O)c2ccc(OCCCCCCC)cc2)cc1F. The van der Waals surface area contributed by atoms with Crippen LogP contribution in [0.15, 0.2) is 42.5 Å². The van der Waals surface area contributed by atoms with Crippen LogP contribution in [-0.4, -0.2) is 19.2 Å². The molecule has 0 saturated carbocycles. The molecule has 0 aliphatic heterocycles. The summed E-state index contributed by atoms with van der Waals surface area (Å²) in [7, 11) is 0. The summed E-state index contributed by atoms with van der Waals surface area (Å²) in [5, 5.41) is 0. The van der Waals surface area contributed by atoms with Gasteiger partial charge in [0.05, 0.1) is 18.8 Å². The molecule has 4 nitrogen and oxygen atoms in total. The van der Waals surface area contributed by atoms with Gasteiger partial charge in [0.15, 0.2) is 11.6 Å². The molecule has 0 aliphatic rings. The Morgan fingerprint density at radius 3 is 1.85 bits per heavy atom. The van der Waals surface area contributed by atoms with Crippen molar-refractivity contribution in [2.24, 2.45) is 0 Å². The van der Waals surface area contributed by atoms with E-state index >= 15 is 0 Å². The highest BCUT2D eigenvalue weighted by molar-refractivity contribution is 5.91. The van der Waals surface area contributed by atoms with E-state index in [0.29, 0.717) is 18.8 Å². The van der Waals surface area contributed by atoms with Gasteiger partial charge in [0, 0.05) is 6.07 Å². The Morgan fingerprint density at radius 2 is 1.24 bits per heavy atom. The highest BCUT2D eigenvalue weighted by Gasteiger charge is 2.12. The predicted octanol–water partition coefficient (Wildman–Crippen LogP) is 8.13. The van der Waals surface area contributed by atoms with E-state index in [2.05, 4.69) is 13.8 Å². The fraction of sp³-hybridized carbons (Fsp3) is 0.536. The van der Waals surface area contributed by atoms with Gasteiger partial charge in [-0.1, -0.05) is 71.6 Å². The minimum absolute atomic E-state index is 0.150. The second-order valence-electron chi connectivity index (χ2n) is 8.39. The number of rotatable bonds is 17. The summed E-state index contributed by atoms with van der Waals surface area (Å²) in [6.07, 6.45) is 12.8. The van der Waals surface area contributed by atoms with E-state index in [1.807, 2.05) is 0 Å². The molecule has 0 atom stereocenters. The van der Waals surface area contributed by atoms with Gasteiger partial charge in [-0.3, -0.25) is 0 Å². The van der Waals surface area contributed by atoms with Crippen LogP contribution in [0.1, 0.15) is 94.8 Å². The molecule has 0 heterocycles. The van der Waals surface area contributed by atoms with Crippen molar-refractivity contribution in [1.82, 2.24) is 0 Å². The summed E-state index contributed by atoms with van der Waals surface area (Å²) in [5.74, 6) is -0.0217. The smallest absolute Gasteiger partial charge is 0.343 e. The Bertz CT molecular complexity index is 804. The fourth-order valence-electron chi connectivity index (χ4n) is 3.48. The van der Waals surface area contributed by atoms with Gasteiger partial charge < -0.3 is 14.2 Å². The average molecular weight is 459 g/mol. The molecule has 0 spiro atoms. The number of hydrogen-bond acceptors (Lipinski definition) is 4. The zero-order chi connectivity index (χ0) is 23.7. The van der Waals surface area contributed by atoms with Crippen LogP contribution in [0, 0.1) is 5.82 Å². The summed E-state index contributed by atoms with van der Waals surface area (Å²) >= 11 is 0. The molecule has 2 aromatic rings. The van der Waals surface area contributed by atoms with E-state index in [9.17, 15) is 9.18 Å². The van der Waals surface area contributed by atoms with Crippen LogP contribution < -0.4 is 14.2 Å². The monoisotopic (exact) mass is 458 g/mol. The second-order valence-corrected chi connectivity index (χ2v) is 8.39. The van der Waals surface area contributed by atoms with Crippen molar-refractivity contribution in [2.75, 3.05) is 13.2 Å². The number of halogens is 1. The van der Waals surface area contributed by atoms with Crippen molar-refractivity contribution in [3.8, 4) is 17.2 Å². The van der Waals surface area contributed by atoms with E-state index in [-0.39, 0.29) is 11.5 Å². The third kappa shape index (κ3) is 10.7. The van der Waals surface area contributed by atoms with Crippen molar-refractivity contribution < 1.29 is 23.4 Å². The van der Waals surface area contributed by atoms with Crippen LogP contribution in [0.5, 0.6) is 17.2 Å². The first kappa shape index (κ1) is 26.7. The van der Waals surface area contributed by atoms with E-state index < -0.39 is 11.8 Å². The summed E-state index contributed by atoms with van der Waals surface area (Å²) in [5.41, 5.74) is 0.383. The lowest BCUT2D eigenvalue weighted by Crippen LogP contribution is -2.09. The maximum absolute atomic E-state index is 14.3. The largest absolute Gasteiger partial charge is 0.494 e. The van der Waals surface area contributed by atoms with Gasteiger partial charge in [0.2, 0.25) is 0 Å². The van der Waals surface area contributed by atoms with Crippen LogP contribution in [0.4, 0.5) is 4.39 Å². The number of carbonyl (C=O) groups is 1. The first-order chi connectivity index (χ1) is 16.1. The molecule has 33 heavy (non-hydrogen) atoms. The number of carbonyl (C=O) groups excluding carboxylic acids is 1. The van der Waals surface area contributed by atoms with Crippen LogP contribution in [-0.2, 0) is 0 Å². The zero-order valence-corrected chi connectivity index (χ0v) is 20.2. The molecule has 0 amide bonds. The summed E-state index contributed by atoms with van der Waals surface area (Å²) in [6, 6.07) is 11.1. The van der Waals surface area contributed by atoms with E-state index in [1.165, 1.54) is 57.1 Å². The highest BCUT2D eigenvalue weighted by atomic mass is 19.1. The van der Waals surface area contributed by atoms with Gasteiger partial charge in [0.25, 0.3) is 0 Å². The Hall–Kier alpha value is -2.56. The third-order valence-corrected chi connectivity index (χ3v) is 5.48. The molecule has 0 fully saturated rings. The van der Waals surface area contributed by atoms with Gasteiger partial charge >= 0.3 is 5.97 Å². The van der Waals surface area contributed by atoms with Gasteiger partial charge in [-0.15, -0.1) is 0 Å². The highest BCUT2D eigenvalue weighted by Crippen LogP contribution is 2.24. The van der Waals surface area contributed by atoms with Gasteiger partial charge in [-0.05, 0) is 49.2 Å². The average Bonchev–Trinajstić information content (AvgIpc) is 2.82. The Morgan fingerprint density at radius 1 is 0.697 bits per heavy atom. The van der Waals surface area contributed by atoms with Crippen LogP contribution in [0.25, 0.3) is 0 Å². The summed E-state index contributed by atoms with van der Waals surface area (Å²) < 4.78 is 30.9. The van der Waals surface area contributed by atoms with Crippen LogP contribution >= 0.6 is 0 Å². The van der Waals surface area contributed by atoms with E-state index in [0.717, 1.165) is 31.4 Å². The number of hydrogen-bond donors (Lipinski definition) is 0. The number of unbranched alkanes of at least 4 members (excludes halogenated alkanes) is 9. The van der Waals surface area contributed by atoms with Crippen LogP contribution in [0.3, 0.4) is 0 Å². The molecule has 0 saturated heterocycles. The van der Waals surface area contributed by atoms with Crippen molar-refractivity contribution in [3.63, 3.8) is 0 Å². The molecule has 0 aromatic heterocycles. The minimum Gasteiger partial charge on any atom is -0.494 e. The molecule has 0 bridgehead atoms. The number of ether oxygens (including phenoxy) is 3. The Balaban J connectivity index is 1.73. The topological polar surface area (TPSA) is 44.8 Å². The summed E-state index contributed by atoms with van der Waals surface area (Å²) in [6.45, 7) is 5.53. The molecule has 0 N–H and O–H groups in total. The van der Waals surface area contributed by atoms with Crippen molar-refractivity contribution >= 4 is 5.97 Å². The molecule has 0 radical (unpaired) electrons. The lowest BCUT2D eigenvalue weighted by Gasteiger charge is -2.10. The van der Waals surface area contributed by atoms with Gasteiger partial charge in [-0.2, -0.15) is 0 Å². The molecular weight excluding hydrogens is 419 g/mol. The van der Waals surface area contributed by atoms with Crippen molar-refractivity contribution in [2.45, 2.75) is 84.5 Å². The van der Waals surface area contributed by atoms with E-state index in [4.69, 9.17) is 14.2 Å². The number of esters is 1. The Kier molecular flexibility index (Phi) is 13.0. The number of benzene rings is 2. The predicted molar refractivity (Wildman–Crippen MR) is 131 cm³/mol. The normalized spacial score (nSPS) is 10.8. The molecule has 0 unspecified atom stereocenters. The molecule has 182 valence electrons. The molecule has 2 rings (SSSR count). The standard InChI is InChI=1S/C28H39FO4/c1-3-5-7-9-11-13-21-32-27-19-18-25(22-26(27)29)33-28(30)23-14-16-24(17-15-23)31-20-12-10-8-6-4-2/h14-19,22H,3-13,20-21H2,1-2H3. The van der Waals surface area contributed by atoms with Gasteiger partial charge in [-0.25, -0.2) is 9.18 Å². The first-order valence-corrected chi connectivity index (χ1v) is 12.5. The quantitative estimate of drug-likeness (QED) is 0.136. The van der Waals surface area contributed by atoms with Gasteiger partial charge in [0.1, 0.15) is 11.5 Å². The first-order valence-electron chi connectivity index (χ1n) is 12.5. The third-order valence-electron chi connectivity index (χ3n) is 5.48. The van der Waals surface area contributed by atoms with Crippen molar-refractivity contribution in [1.29, 1.82) is 0 Å². The van der Waals surface area contributed by atoms with E-state index in [1.54, 1.807) is 30.3 Å². The minimum atomic E-state index is -0.540. The zero-order valence-electron chi connectivity index (χ0n) is 20.2. The summed E-state index contributed by atoms with van der Waals surface area (Å²) in [4.78, 5) is 12.4. The lowest BCUT2D eigenvalue weighted by atomic mass is 10.1. The van der Waals surface area contributed by atoms with Crippen molar-refractivity contribution in [3.05, 3.63) is 53.8 Å². The van der Waals surface area contributed by atoms with Crippen LogP contribution in [0.2, 0.25) is 0 Å². The lowest BCUT2D eigenvalue weighted by molar-refractivity contribution is 0.0734. The molecule has 0 aliphatic carbocycles. The maximum Gasteiger partial charge on any atom is 0.343 e. The Labute approximate surface area is 198 Å². The molecule has 2 aromatic carbocycles. The maximum atomic E-state index is 14.3. The molecule has 5 heteroatoms.